The van der Waals surface area contributed by atoms with E-state index in [1.165, 1.54) is 11.3 Å². The summed E-state index contributed by atoms with van der Waals surface area (Å²) < 4.78 is 2.03. The van der Waals surface area contributed by atoms with Gasteiger partial charge in [-0.3, -0.25) is 4.79 Å². The highest BCUT2D eigenvalue weighted by Gasteiger charge is 2.22. The molecule has 1 aliphatic heterocycles. The van der Waals surface area contributed by atoms with Crippen LogP contribution in [0.25, 0.3) is 0 Å². The van der Waals surface area contributed by atoms with Gasteiger partial charge >= 0.3 is 0 Å². The van der Waals surface area contributed by atoms with Crippen LogP contribution in [-0.4, -0.2) is 33.8 Å². The van der Waals surface area contributed by atoms with Crippen LogP contribution >= 0.6 is 11.3 Å². The summed E-state index contributed by atoms with van der Waals surface area (Å²) in [6.07, 6.45) is 3.38. The molecule has 8 heteroatoms. The number of carbonyl (C=O) groups is 1. The highest BCUT2D eigenvalue weighted by atomic mass is 32.1. The molecule has 2 aromatic rings. The molecular weight excluding hydrogens is 288 g/mol. The Morgan fingerprint density at radius 3 is 3.24 bits per heavy atom. The number of nitrogens with one attached hydrogen (secondary N) is 1. The summed E-state index contributed by atoms with van der Waals surface area (Å²) in [6, 6.07) is 1.85. The van der Waals surface area contributed by atoms with Crippen LogP contribution in [0.4, 0.5) is 10.7 Å². The molecule has 0 spiro atoms. The zero-order valence-corrected chi connectivity index (χ0v) is 12.3. The molecule has 3 N–H and O–H groups in total. The average molecular weight is 304 g/mol. The molecule has 0 saturated heterocycles. The number of carbonyl (C=O) groups excluding carboxylic acids is 1. The zero-order valence-electron chi connectivity index (χ0n) is 11.5. The maximum atomic E-state index is 12.0. The molecule has 7 nitrogen and oxygen atoms in total. The number of hydrogen-bond acceptors (Lipinski definition) is 6. The van der Waals surface area contributed by atoms with Crippen molar-refractivity contribution in [3.8, 4) is 0 Å². The van der Waals surface area contributed by atoms with Gasteiger partial charge in [0.1, 0.15) is 11.2 Å². The summed E-state index contributed by atoms with van der Waals surface area (Å²) in [5.74, 6) is 0.759. The number of hydrogen-bond donors (Lipinski definition) is 2. The average Bonchev–Trinajstić information content (AvgIpc) is 3.10. The number of amides is 1. The molecule has 3 heterocycles. The van der Waals surface area contributed by atoms with Gasteiger partial charge in [-0.15, -0.1) is 28.1 Å². The number of nitrogens with zero attached hydrogens (tertiary/aromatic N) is 4. The van der Waals surface area contributed by atoms with Gasteiger partial charge in [-0.2, -0.15) is 0 Å². The van der Waals surface area contributed by atoms with Gasteiger partial charge in [0.2, 0.25) is 0 Å². The number of nitrogens with two attached hydrogens (primary N) is 1. The van der Waals surface area contributed by atoms with E-state index in [0.29, 0.717) is 23.7 Å². The third-order valence-electron chi connectivity index (χ3n) is 3.31. The molecule has 3 rings (SSSR count). The minimum absolute atomic E-state index is 0.163. The minimum Gasteiger partial charge on any atom is -0.397 e. The quantitative estimate of drug-likeness (QED) is 0.818. The van der Waals surface area contributed by atoms with Crippen LogP contribution in [0.2, 0.25) is 0 Å². The Morgan fingerprint density at radius 1 is 1.57 bits per heavy atom. The van der Waals surface area contributed by atoms with Gasteiger partial charge in [-0.25, -0.2) is 0 Å². The summed E-state index contributed by atoms with van der Waals surface area (Å²) in [5.41, 5.74) is 6.46. The first-order valence-corrected chi connectivity index (χ1v) is 7.40. The van der Waals surface area contributed by atoms with E-state index >= 15 is 0 Å². The molecule has 0 fully saturated rings. The molecule has 0 unspecified atom stereocenters. The van der Waals surface area contributed by atoms with E-state index in [2.05, 4.69) is 27.0 Å². The van der Waals surface area contributed by atoms with E-state index in [9.17, 15) is 4.79 Å². The van der Waals surface area contributed by atoms with Crippen molar-refractivity contribution < 1.29 is 4.79 Å². The smallest absolute Gasteiger partial charge is 0.263 e. The Kier molecular flexibility index (Phi) is 3.61. The van der Waals surface area contributed by atoms with Crippen LogP contribution in [-0.2, 0) is 13.1 Å². The van der Waals surface area contributed by atoms with Crippen LogP contribution in [0.1, 0.15) is 15.5 Å². The molecule has 21 heavy (non-hydrogen) atoms. The number of nitrogen functional groups attached to an aromatic ring is 1. The van der Waals surface area contributed by atoms with Crippen LogP contribution in [0.3, 0.4) is 0 Å². The molecule has 0 bridgehead atoms. The largest absolute Gasteiger partial charge is 0.397 e. The number of thiophene rings is 1. The van der Waals surface area contributed by atoms with Crippen molar-refractivity contribution in [3.05, 3.63) is 35.8 Å². The van der Waals surface area contributed by atoms with Gasteiger partial charge < -0.3 is 20.5 Å². The van der Waals surface area contributed by atoms with Gasteiger partial charge in [0.25, 0.3) is 5.91 Å². The van der Waals surface area contributed by atoms with Crippen molar-refractivity contribution in [3.63, 3.8) is 0 Å². The summed E-state index contributed by atoms with van der Waals surface area (Å²) in [5, 5.41) is 11.7. The van der Waals surface area contributed by atoms with Crippen molar-refractivity contribution in [2.75, 3.05) is 23.7 Å². The van der Waals surface area contributed by atoms with Gasteiger partial charge in [-0.1, -0.05) is 6.08 Å². The van der Waals surface area contributed by atoms with Gasteiger partial charge in [0, 0.05) is 19.6 Å². The van der Waals surface area contributed by atoms with Crippen molar-refractivity contribution in [1.29, 1.82) is 0 Å². The van der Waals surface area contributed by atoms with Crippen molar-refractivity contribution in [2.45, 2.75) is 13.1 Å². The highest BCUT2D eigenvalue weighted by molar-refractivity contribution is 7.18. The van der Waals surface area contributed by atoms with Crippen LogP contribution < -0.4 is 16.0 Å². The molecule has 0 saturated carbocycles. The van der Waals surface area contributed by atoms with E-state index in [1.807, 2.05) is 10.6 Å². The lowest BCUT2D eigenvalue weighted by Crippen LogP contribution is -2.33. The Hall–Kier alpha value is -2.35. The number of rotatable bonds is 4. The summed E-state index contributed by atoms with van der Waals surface area (Å²) in [6.45, 7) is 6.36. The molecule has 0 radical (unpaired) electrons. The van der Waals surface area contributed by atoms with Crippen LogP contribution in [0.15, 0.2) is 25.0 Å². The fraction of sp³-hybridized carbons (Fsp3) is 0.308. The van der Waals surface area contributed by atoms with E-state index < -0.39 is 0 Å². The standard InChI is InChI=1S/C13H16N6OS/c1-2-3-15-13(20)12-9(14)6-11(21-12)18-4-5-19-8-16-17-10(19)7-18/h2,6,8H,1,3-5,7,14H2,(H,15,20). The van der Waals surface area contributed by atoms with Crippen LogP contribution in [0.5, 0.6) is 0 Å². The van der Waals surface area contributed by atoms with E-state index in [0.717, 1.165) is 23.9 Å². The Morgan fingerprint density at radius 2 is 2.43 bits per heavy atom. The maximum absolute atomic E-state index is 12.0. The fourth-order valence-corrected chi connectivity index (χ4v) is 3.25. The second kappa shape index (κ2) is 5.57. The third-order valence-corrected chi connectivity index (χ3v) is 4.52. The lowest BCUT2D eigenvalue weighted by molar-refractivity contribution is 0.0963. The van der Waals surface area contributed by atoms with Crippen molar-refractivity contribution >= 4 is 27.9 Å². The molecule has 0 aromatic carbocycles. The Balaban J connectivity index is 1.78. The Bertz CT molecular complexity index is 676. The lowest BCUT2D eigenvalue weighted by Gasteiger charge is -2.27. The molecule has 2 aromatic heterocycles. The number of anilines is 2. The number of aromatic nitrogens is 3. The molecule has 0 aliphatic carbocycles. The topological polar surface area (TPSA) is 89.1 Å². The zero-order chi connectivity index (χ0) is 14.8. The summed E-state index contributed by atoms with van der Waals surface area (Å²) >= 11 is 1.40. The molecule has 1 aliphatic rings. The molecule has 110 valence electrons. The van der Waals surface area contributed by atoms with Crippen LogP contribution in [0, 0.1) is 0 Å². The first-order valence-electron chi connectivity index (χ1n) is 6.59. The summed E-state index contributed by atoms with van der Waals surface area (Å²) in [7, 11) is 0. The maximum Gasteiger partial charge on any atom is 0.263 e. The number of fused-ring (bicyclic) bond motifs is 1. The van der Waals surface area contributed by atoms with Gasteiger partial charge in [-0.05, 0) is 6.07 Å². The Labute approximate surface area is 126 Å². The first kappa shape index (κ1) is 13.6. The summed E-state index contributed by atoms with van der Waals surface area (Å²) in [4.78, 5) is 14.7. The lowest BCUT2D eigenvalue weighted by atomic mass is 10.3. The van der Waals surface area contributed by atoms with Gasteiger partial charge in [0.15, 0.2) is 5.82 Å². The van der Waals surface area contributed by atoms with Crippen molar-refractivity contribution in [1.82, 2.24) is 20.1 Å². The molecule has 1 amide bonds. The van der Waals surface area contributed by atoms with Crippen molar-refractivity contribution in [2.24, 2.45) is 0 Å². The predicted octanol–water partition coefficient (Wildman–Crippen LogP) is 0.858. The normalized spacial score (nSPS) is 13.8. The van der Waals surface area contributed by atoms with E-state index in [-0.39, 0.29) is 5.91 Å². The predicted molar refractivity (Wildman–Crippen MR) is 82.3 cm³/mol. The van der Waals surface area contributed by atoms with E-state index in [1.54, 1.807) is 12.4 Å². The monoisotopic (exact) mass is 304 g/mol. The van der Waals surface area contributed by atoms with E-state index in [4.69, 9.17) is 5.73 Å². The second-order valence-electron chi connectivity index (χ2n) is 4.73. The third kappa shape index (κ3) is 2.62. The first-order chi connectivity index (χ1) is 10.2. The highest BCUT2D eigenvalue weighted by Crippen LogP contribution is 2.33. The molecule has 0 atom stereocenters. The van der Waals surface area contributed by atoms with Gasteiger partial charge in [0.05, 0.1) is 17.2 Å². The minimum atomic E-state index is -0.163. The second-order valence-corrected chi connectivity index (χ2v) is 5.76. The molecular formula is C13H16N6OS. The fourth-order valence-electron chi connectivity index (χ4n) is 2.22. The SMILES string of the molecule is C=CCNC(=O)c1sc(N2CCn3cnnc3C2)cc1N.